The van der Waals surface area contributed by atoms with Crippen molar-refractivity contribution < 1.29 is 14.7 Å². The summed E-state index contributed by atoms with van der Waals surface area (Å²) in [5.74, 6) is -1.41. The number of aryl methyl sites for hydroxylation is 1. The van der Waals surface area contributed by atoms with Crippen LogP contribution in [0, 0.1) is 6.92 Å². The Morgan fingerprint density at radius 2 is 2.22 bits per heavy atom. The average Bonchev–Trinajstić information content (AvgIpc) is 2.30. The minimum atomic E-state index is -1.27. The van der Waals surface area contributed by atoms with Crippen LogP contribution < -0.4 is 10.7 Å². The van der Waals surface area contributed by atoms with Crippen LogP contribution >= 0.6 is 0 Å². The van der Waals surface area contributed by atoms with Gasteiger partial charge in [0.1, 0.15) is 11.6 Å². The summed E-state index contributed by atoms with van der Waals surface area (Å²) in [4.78, 5) is 34.2. The molecule has 1 aromatic heterocycles. The second-order valence-electron chi connectivity index (χ2n) is 4.35. The molecule has 6 heteroatoms. The molecule has 1 aliphatic rings. The van der Waals surface area contributed by atoms with Gasteiger partial charge in [-0.05, 0) is 19.8 Å². The molecule has 1 saturated heterocycles. The largest absolute Gasteiger partial charge is 0.477 e. The van der Waals surface area contributed by atoms with Gasteiger partial charge in [0, 0.05) is 24.5 Å². The molecular weight excluding hydrogens is 236 g/mol. The van der Waals surface area contributed by atoms with Gasteiger partial charge in [-0.1, -0.05) is 0 Å². The molecule has 1 atom stereocenters. The standard InChI is InChI=1S/C12H14N2O4/c1-7-5-10(15)8(12(17)18)6-14(7)9-3-2-4-13-11(9)16/h5-6,9H,2-4H2,1H3,(H,13,16)(H,17,18). The minimum Gasteiger partial charge on any atom is -0.477 e. The number of pyridine rings is 1. The number of carbonyl (C=O) groups excluding carboxylic acids is 1. The van der Waals surface area contributed by atoms with E-state index >= 15 is 0 Å². The minimum absolute atomic E-state index is 0.135. The zero-order valence-electron chi connectivity index (χ0n) is 9.97. The number of carbonyl (C=O) groups is 2. The Bertz CT molecular complexity index is 562. The summed E-state index contributed by atoms with van der Waals surface area (Å²) < 4.78 is 1.57. The van der Waals surface area contributed by atoms with Crippen molar-refractivity contribution >= 4 is 11.9 Å². The molecule has 2 N–H and O–H groups in total. The number of piperidine rings is 1. The molecule has 0 aromatic carbocycles. The van der Waals surface area contributed by atoms with Gasteiger partial charge in [-0.25, -0.2) is 4.79 Å². The maximum absolute atomic E-state index is 11.8. The monoisotopic (exact) mass is 250 g/mol. The fraction of sp³-hybridized carbons (Fsp3) is 0.417. The highest BCUT2D eigenvalue weighted by Gasteiger charge is 2.25. The molecule has 2 heterocycles. The van der Waals surface area contributed by atoms with E-state index in [9.17, 15) is 14.4 Å². The summed E-state index contributed by atoms with van der Waals surface area (Å²) in [7, 11) is 0. The molecule has 6 nitrogen and oxygen atoms in total. The normalized spacial score (nSPS) is 19.4. The van der Waals surface area contributed by atoms with Gasteiger partial charge in [-0.3, -0.25) is 9.59 Å². The Kier molecular flexibility index (Phi) is 3.18. The van der Waals surface area contributed by atoms with Gasteiger partial charge in [-0.2, -0.15) is 0 Å². The molecule has 18 heavy (non-hydrogen) atoms. The van der Waals surface area contributed by atoms with Crippen molar-refractivity contribution in [1.82, 2.24) is 9.88 Å². The van der Waals surface area contributed by atoms with Crippen molar-refractivity contribution in [3.8, 4) is 0 Å². The van der Waals surface area contributed by atoms with Crippen LogP contribution in [0.15, 0.2) is 17.1 Å². The predicted molar refractivity (Wildman–Crippen MR) is 63.7 cm³/mol. The van der Waals surface area contributed by atoms with E-state index in [4.69, 9.17) is 5.11 Å². The number of hydrogen-bond donors (Lipinski definition) is 2. The Morgan fingerprint density at radius 1 is 1.50 bits per heavy atom. The van der Waals surface area contributed by atoms with Crippen molar-refractivity contribution in [1.29, 1.82) is 0 Å². The predicted octanol–water partition coefficient (Wildman–Crippen LogP) is 0.306. The first-order valence-electron chi connectivity index (χ1n) is 5.74. The molecule has 0 aliphatic carbocycles. The number of rotatable bonds is 2. The lowest BCUT2D eigenvalue weighted by molar-refractivity contribution is -0.125. The molecule has 1 unspecified atom stereocenters. The summed E-state index contributed by atoms with van der Waals surface area (Å²) in [5, 5.41) is 11.7. The molecule has 2 rings (SSSR count). The van der Waals surface area contributed by atoms with Crippen LogP contribution in [-0.2, 0) is 4.79 Å². The lowest BCUT2D eigenvalue weighted by Gasteiger charge is -2.26. The number of aromatic carboxylic acids is 1. The number of aromatic nitrogens is 1. The first kappa shape index (κ1) is 12.3. The van der Waals surface area contributed by atoms with Crippen molar-refractivity contribution in [3.63, 3.8) is 0 Å². The number of carboxylic acid groups (broad SMARTS) is 1. The quantitative estimate of drug-likeness (QED) is 0.790. The van der Waals surface area contributed by atoms with Gasteiger partial charge < -0.3 is 15.0 Å². The van der Waals surface area contributed by atoms with Crippen LogP contribution in [0.25, 0.3) is 0 Å². The third-order valence-electron chi connectivity index (χ3n) is 3.10. The molecule has 1 aliphatic heterocycles. The Hall–Kier alpha value is -2.11. The van der Waals surface area contributed by atoms with Crippen molar-refractivity contribution in [2.24, 2.45) is 0 Å². The van der Waals surface area contributed by atoms with Gasteiger partial charge >= 0.3 is 5.97 Å². The molecule has 0 radical (unpaired) electrons. The summed E-state index contributed by atoms with van der Waals surface area (Å²) in [6, 6.07) is 0.822. The van der Waals surface area contributed by atoms with Crippen LogP contribution in [0.5, 0.6) is 0 Å². The van der Waals surface area contributed by atoms with E-state index in [0.717, 1.165) is 6.42 Å². The van der Waals surface area contributed by atoms with Crippen molar-refractivity contribution in [2.75, 3.05) is 6.54 Å². The SMILES string of the molecule is Cc1cc(=O)c(C(=O)O)cn1C1CCCNC1=O. The average molecular weight is 250 g/mol. The summed E-state index contributed by atoms with van der Waals surface area (Å²) in [6.07, 6.45) is 2.74. The number of hydrogen-bond acceptors (Lipinski definition) is 3. The van der Waals surface area contributed by atoms with Crippen LogP contribution in [0.1, 0.15) is 34.9 Å². The lowest BCUT2D eigenvalue weighted by atomic mass is 10.1. The second-order valence-corrected chi connectivity index (χ2v) is 4.35. The van der Waals surface area contributed by atoms with E-state index in [1.165, 1.54) is 12.3 Å². The Morgan fingerprint density at radius 3 is 2.83 bits per heavy atom. The summed E-state index contributed by atoms with van der Waals surface area (Å²) >= 11 is 0. The maximum Gasteiger partial charge on any atom is 0.341 e. The van der Waals surface area contributed by atoms with Crippen LogP contribution in [0.3, 0.4) is 0 Å². The van der Waals surface area contributed by atoms with Gasteiger partial charge in [0.25, 0.3) is 0 Å². The Balaban J connectivity index is 2.50. The zero-order valence-corrected chi connectivity index (χ0v) is 9.97. The van der Waals surface area contributed by atoms with E-state index in [1.807, 2.05) is 0 Å². The van der Waals surface area contributed by atoms with E-state index in [2.05, 4.69) is 5.32 Å². The summed E-state index contributed by atoms with van der Waals surface area (Å²) in [6.45, 7) is 2.33. The highest BCUT2D eigenvalue weighted by molar-refractivity contribution is 5.87. The fourth-order valence-electron chi connectivity index (χ4n) is 2.16. The van der Waals surface area contributed by atoms with Crippen molar-refractivity contribution in [2.45, 2.75) is 25.8 Å². The lowest BCUT2D eigenvalue weighted by Crippen LogP contribution is -2.39. The number of nitrogens with one attached hydrogen (secondary N) is 1. The molecular formula is C12H14N2O4. The molecule has 1 aromatic rings. The molecule has 1 fully saturated rings. The molecule has 1 amide bonds. The molecule has 0 spiro atoms. The molecule has 0 bridgehead atoms. The fourth-order valence-corrected chi connectivity index (χ4v) is 2.16. The number of nitrogens with zero attached hydrogens (tertiary/aromatic N) is 1. The maximum atomic E-state index is 11.8. The third kappa shape index (κ3) is 2.13. The smallest absolute Gasteiger partial charge is 0.341 e. The summed E-state index contributed by atoms with van der Waals surface area (Å²) in [5.41, 5.74) is -0.251. The van der Waals surface area contributed by atoms with E-state index in [0.29, 0.717) is 18.7 Å². The van der Waals surface area contributed by atoms with E-state index in [1.54, 1.807) is 11.5 Å². The van der Waals surface area contributed by atoms with Crippen LogP contribution in [0.4, 0.5) is 0 Å². The number of carboxylic acids is 1. The first-order chi connectivity index (χ1) is 8.50. The van der Waals surface area contributed by atoms with Gasteiger partial charge in [0.15, 0.2) is 5.43 Å². The third-order valence-corrected chi connectivity index (χ3v) is 3.10. The van der Waals surface area contributed by atoms with Gasteiger partial charge in [0.2, 0.25) is 5.91 Å². The van der Waals surface area contributed by atoms with Gasteiger partial charge in [-0.15, -0.1) is 0 Å². The molecule has 0 saturated carbocycles. The topological polar surface area (TPSA) is 88.4 Å². The van der Waals surface area contributed by atoms with Crippen molar-refractivity contribution in [3.05, 3.63) is 33.7 Å². The molecule has 96 valence electrons. The van der Waals surface area contributed by atoms with Crippen LogP contribution in [-0.4, -0.2) is 28.1 Å². The Labute approximate surface area is 103 Å². The number of amides is 1. The highest BCUT2D eigenvalue weighted by Crippen LogP contribution is 2.19. The van der Waals surface area contributed by atoms with Crippen LogP contribution in [0.2, 0.25) is 0 Å². The van der Waals surface area contributed by atoms with Gasteiger partial charge in [0.05, 0.1) is 0 Å². The first-order valence-corrected chi connectivity index (χ1v) is 5.74. The zero-order chi connectivity index (χ0) is 13.3. The van der Waals surface area contributed by atoms with E-state index in [-0.39, 0.29) is 11.5 Å². The second kappa shape index (κ2) is 4.64. The van der Waals surface area contributed by atoms with E-state index < -0.39 is 17.4 Å². The highest BCUT2D eigenvalue weighted by atomic mass is 16.4.